The summed E-state index contributed by atoms with van der Waals surface area (Å²) in [5.41, 5.74) is 2.96. The minimum Gasteiger partial charge on any atom is -0.309 e. The number of carbonyl (C=O) groups is 1. The number of fused-ring (bicyclic) bond motifs is 2. The van der Waals surface area contributed by atoms with E-state index in [0.29, 0.717) is 12.2 Å². The van der Waals surface area contributed by atoms with Crippen LogP contribution in [-0.4, -0.2) is 20.7 Å². The quantitative estimate of drug-likeness (QED) is 0.799. The van der Waals surface area contributed by atoms with Crippen molar-refractivity contribution in [3.63, 3.8) is 0 Å². The third-order valence-electron chi connectivity index (χ3n) is 3.69. The summed E-state index contributed by atoms with van der Waals surface area (Å²) in [6.07, 6.45) is 1.40. The topological polar surface area (TPSA) is 59.8 Å². The van der Waals surface area contributed by atoms with Crippen LogP contribution in [0.3, 0.4) is 0 Å². The molecule has 0 fully saturated rings. The van der Waals surface area contributed by atoms with E-state index < -0.39 is 0 Å². The Labute approximate surface area is 129 Å². The molecule has 2 aromatic heterocycles. The molecule has 0 aliphatic heterocycles. The first-order valence-corrected chi connectivity index (χ1v) is 7.70. The lowest BCUT2D eigenvalue weighted by Crippen LogP contribution is -2.10. The van der Waals surface area contributed by atoms with Gasteiger partial charge < -0.3 is 5.32 Å². The minimum atomic E-state index is -0.0351. The highest BCUT2D eigenvalue weighted by Crippen LogP contribution is 2.26. The molecule has 3 rings (SSSR count). The zero-order chi connectivity index (χ0) is 15.7. The van der Waals surface area contributed by atoms with E-state index in [-0.39, 0.29) is 5.91 Å². The molecule has 0 radical (unpaired) electrons. The van der Waals surface area contributed by atoms with Gasteiger partial charge in [-0.3, -0.25) is 4.79 Å². The van der Waals surface area contributed by atoms with Crippen molar-refractivity contribution >= 4 is 33.7 Å². The zero-order valence-corrected chi connectivity index (χ0v) is 13.2. The third kappa shape index (κ3) is 2.54. The van der Waals surface area contributed by atoms with Gasteiger partial charge in [-0.05, 0) is 31.0 Å². The average Bonchev–Trinajstić information content (AvgIpc) is 2.82. The SMILES string of the molecule is CCCn1nc(NC(=O)CC)c2cc3ccc(C)cc3nc21. The van der Waals surface area contributed by atoms with E-state index in [2.05, 4.69) is 48.5 Å². The van der Waals surface area contributed by atoms with Crippen molar-refractivity contribution in [1.82, 2.24) is 14.8 Å². The highest BCUT2D eigenvalue weighted by molar-refractivity contribution is 6.02. The molecule has 2 heterocycles. The Morgan fingerprint density at radius 3 is 2.82 bits per heavy atom. The molecule has 0 aliphatic rings. The van der Waals surface area contributed by atoms with Crippen LogP contribution in [0.2, 0.25) is 0 Å². The molecule has 0 saturated carbocycles. The van der Waals surface area contributed by atoms with Gasteiger partial charge in [0.2, 0.25) is 5.91 Å². The lowest BCUT2D eigenvalue weighted by molar-refractivity contribution is -0.115. The second-order valence-electron chi connectivity index (χ2n) is 5.53. The highest BCUT2D eigenvalue weighted by Gasteiger charge is 2.14. The number of benzene rings is 1. The van der Waals surface area contributed by atoms with Gasteiger partial charge in [-0.2, -0.15) is 5.10 Å². The fourth-order valence-electron chi connectivity index (χ4n) is 2.54. The second kappa shape index (κ2) is 5.75. The number of anilines is 1. The molecule has 3 aromatic rings. The number of nitrogens with one attached hydrogen (secondary N) is 1. The molecule has 0 bridgehead atoms. The maximum Gasteiger partial charge on any atom is 0.225 e. The fraction of sp³-hybridized carbons (Fsp3) is 0.353. The standard InChI is InChI=1S/C17H20N4O/c1-4-8-21-17-13(16(20-21)19-15(22)5-2)10-12-7-6-11(3)9-14(12)18-17/h6-7,9-10H,4-5,8H2,1-3H3,(H,19,20,22). The van der Waals surface area contributed by atoms with E-state index >= 15 is 0 Å². The van der Waals surface area contributed by atoms with Crippen molar-refractivity contribution in [1.29, 1.82) is 0 Å². The summed E-state index contributed by atoms with van der Waals surface area (Å²) in [7, 11) is 0. The Morgan fingerprint density at radius 2 is 2.09 bits per heavy atom. The molecular formula is C17H20N4O. The van der Waals surface area contributed by atoms with Crippen LogP contribution in [0.4, 0.5) is 5.82 Å². The van der Waals surface area contributed by atoms with Gasteiger partial charge in [0.25, 0.3) is 0 Å². The van der Waals surface area contributed by atoms with Crippen LogP contribution in [0, 0.1) is 6.92 Å². The fourth-order valence-corrected chi connectivity index (χ4v) is 2.54. The summed E-state index contributed by atoms with van der Waals surface area (Å²) < 4.78 is 1.88. The van der Waals surface area contributed by atoms with Gasteiger partial charge in [0, 0.05) is 18.4 Å². The number of hydrogen-bond donors (Lipinski definition) is 1. The van der Waals surface area contributed by atoms with Gasteiger partial charge in [-0.1, -0.05) is 26.0 Å². The second-order valence-corrected chi connectivity index (χ2v) is 5.53. The Bertz CT molecular complexity index is 851. The predicted molar refractivity (Wildman–Crippen MR) is 89.0 cm³/mol. The monoisotopic (exact) mass is 296 g/mol. The van der Waals surface area contributed by atoms with E-state index in [4.69, 9.17) is 4.98 Å². The normalized spacial score (nSPS) is 11.2. The van der Waals surface area contributed by atoms with Crippen molar-refractivity contribution in [2.45, 2.75) is 40.2 Å². The smallest absolute Gasteiger partial charge is 0.225 e. The molecule has 0 saturated heterocycles. The summed E-state index contributed by atoms with van der Waals surface area (Å²) in [5.74, 6) is 0.567. The number of aryl methyl sites for hydroxylation is 2. The lowest BCUT2D eigenvalue weighted by Gasteiger charge is -2.02. The molecule has 0 atom stereocenters. The zero-order valence-electron chi connectivity index (χ0n) is 13.2. The lowest BCUT2D eigenvalue weighted by atomic mass is 10.1. The molecule has 0 spiro atoms. The van der Waals surface area contributed by atoms with E-state index in [1.807, 2.05) is 11.6 Å². The molecule has 1 aromatic carbocycles. The molecule has 114 valence electrons. The number of aromatic nitrogens is 3. The molecule has 0 unspecified atom stereocenters. The van der Waals surface area contributed by atoms with Gasteiger partial charge in [0.05, 0.1) is 10.9 Å². The van der Waals surface area contributed by atoms with Crippen LogP contribution in [0.15, 0.2) is 24.3 Å². The number of pyridine rings is 1. The Morgan fingerprint density at radius 1 is 1.27 bits per heavy atom. The first-order valence-electron chi connectivity index (χ1n) is 7.70. The molecule has 1 amide bonds. The Kier molecular flexibility index (Phi) is 3.79. The molecule has 0 aliphatic carbocycles. The largest absolute Gasteiger partial charge is 0.309 e. The van der Waals surface area contributed by atoms with Crippen molar-refractivity contribution in [2.24, 2.45) is 0 Å². The van der Waals surface area contributed by atoms with Crippen LogP contribution < -0.4 is 5.32 Å². The molecule has 22 heavy (non-hydrogen) atoms. The number of nitrogens with zero attached hydrogens (tertiary/aromatic N) is 3. The van der Waals surface area contributed by atoms with Gasteiger partial charge in [0.15, 0.2) is 11.5 Å². The summed E-state index contributed by atoms with van der Waals surface area (Å²) >= 11 is 0. The molecular weight excluding hydrogens is 276 g/mol. The number of rotatable bonds is 4. The van der Waals surface area contributed by atoms with Crippen LogP contribution in [-0.2, 0) is 11.3 Å². The molecule has 5 nitrogen and oxygen atoms in total. The summed E-state index contributed by atoms with van der Waals surface area (Å²) in [6.45, 7) is 6.77. The van der Waals surface area contributed by atoms with Crippen LogP contribution in [0.25, 0.3) is 21.9 Å². The van der Waals surface area contributed by atoms with E-state index in [9.17, 15) is 4.79 Å². The maximum atomic E-state index is 11.7. The van der Waals surface area contributed by atoms with Crippen LogP contribution >= 0.6 is 0 Å². The summed E-state index contributed by atoms with van der Waals surface area (Å²) in [6, 6.07) is 8.25. The van der Waals surface area contributed by atoms with Crippen molar-refractivity contribution in [3.8, 4) is 0 Å². The van der Waals surface area contributed by atoms with Gasteiger partial charge in [-0.25, -0.2) is 9.67 Å². The first-order chi connectivity index (χ1) is 10.6. The van der Waals surface area contributed by atoms with Gasteiger partial charge in [-0.15, -0.1) is 0 Å². The molecule has 1 N–H and O–H groups in total. The number of carbonyl (C=O) groups excluding carboxylic acids is 1. The average molecular weight is 296 g/mol. The number of hydrogen-bond acceptors (Lipinski definition) is 3. The third-order valence-corrected chi connectivity index (χ3v) is 3.69. The van der Waals surface area contributed by atoms with Gasteiger partial charge in [0.1, 0.15) is 0 Å². The van der Waals surface area contributed by atoms with Crippen molar-refractivity contribution in [2.75, 3.05) is 5.32 Å². The van der Waals surface area contributed by atoms with Crippen molar-refractivity contribution < 1.29 is 4.79 Å². The Hall–Kier alpha value is -2.43. The predicted octanol–water partition coefficient (Wildman–Crippen LogP) is 3.65. The van der Waals surface area contributed by atoms with E-state index in [1.54, 1.807) is 0 Å². The maximum absolute atomic E-state index is 11.7. The van der Waals surface area contributed by atoms with Gasteiger partial charge >= 0.3 is 0 Å². The van der Waals surface area contributed by atoms with E-state index in [0.717, 1.165) is 34.9 Å². The highest BCUT2D eigenvalue weighted by atomic mass is 16.1. The van der Waals surface area contributed by atoms with E-state index in [1.165, 1.54) is 5.56 Å². The molecule has 5 heteroatoms. The summed E-state index contributed by atoms with van der Waals surface area (Å²) in [4.78, 5) is 16.5. The van der Waals surface area contributed by atoms with Crippen LogP contribution in [0.1, 0.15) is 32.3 Å². The Balaban J connectivity index is 2.23. The summed E-state index contributed by atoms with van der Waals surface area (Å²) in [5, 5.41) is 9.36. The van der Waals surface area contributed by atoms with Crippen LogP contribution in [0.5, 0.6) is 0 Å². The minimum absolute atomic E-state index is 0.0351. The van der Waals surface area contributed by atoms with Crippen molar-refractivity contribution in [3.05, 3.63) is 29.8 Å². The first kappa shape index (κ1) is 14.5. The number of amides is 1.